The molecule has 1 unspecified atom stereocenters. The second-order valence-electron chi connectivity index (χ2n) is 7.24. The second-order valence-corrected chi connectivity index (χ2v) is 8.08. The lowest BCUT2D eigenvalue weighted by atomic mass is 9.98. The number of fused-ring (bicyclic) bond motifs is 1. The minimum atomic E-state index is -0.638. The van der Waals surface area contributed by atoms with Crippen molar-refractivity contribution in [2.45, 2.75) is 26.9 Å². The van der Waals surface area contributed by atoms with E-state index in [-0.39, 0.29) is 0 Å². The molecule has 0 amide bonds. The maximum Gasteiger partial charge on any atom is 0.0921 e. The molecule has 0 saturated carbocycles. The standard InChI is InChI=1S/C22H24Cl2N2O/c1-13(2)11-25-12-21(27)18-10-20(15-4-6-16(23)7-5-15)26-22-14(3)19(24)9-8-17(18)22/h4-10,13,21,25,27H,11-12H2,1-3H3. The number of benzene rings is 2. The Morgan fingerprint density at radius 2 is 1.74 bits per heavy atom. The number of pyridine rings is 1. The molecule has 1 atom stereocenters. The third-order valence-corrected chi connectivity index (χ3v) is 5.25. The van der Waals surface area contributed by atoms with Crippen molar-refractivity contribution >= 4 is 34.1 Å². The van der Waals surface area contributed by atoms with E-state index in [2.05, 4.69) is 19.2 Å². The molecule has 0 bridgehead atoms. The Hall–Kier alpha value is -1.65. The monoisotopic (exact) mass is 402 g/mol. The van der Waals surface area contributed by atoms with Crippen molar-refractivity contribution in [1.29, 1.82) is 0 Å². The second kappa shape index (κ2) is 8.57. The molecule has 1 heterocycles. The van der Waals surface area contributed by atoms with Crippen LogP contribution in [-0.4, -0.2) is 23.2 Å². The van der Waals surface area contributed by atoms with Crippen LogP contribution in [-0.2, 0) is 0 Å². The predicted molar refractivity (Wildman–Crippen MR) is 115 cm³/mol. The Bertz CT molecular complexity index is 939. The number of aryl methyl sites for hydroxylation is 1. The third-order valence-electron chi connectivity index (χ3n) is 4.59. The van der Waals surface area contributed by atoms with Gasteiger partial charge in [-0.1, -0.05) is 55.2 Å². The van der Waals surface area contributed by atoms with Crippen molar-refractivity contribution in [2.24, 2.45) is 5.92 Å². The Labute approximate surface area is 170 Å². The fourth-order valence-corrected chi connectivity index (χ4v) is 3.37. The molecule has 142 valence electrons. The van der Waals surface area contributed by atoms with Gasteiger partial charge in [0.1, 0.15) is 0 Å². The van der Waals surface area contributed by atoms with E-state index in [1.54, 1.807) is 0 Å². The van der Waals surface area contributed by atoms with Crippen LogP contribution < -0.4 is 5.32 Å². The number of halogens is 2. The number of aliphatic hydroxyl groups excluding tert-OH is 1. The van der Waals surface area contributed by atoms with Crippen LogP contribution in [0.3, 0.4) is 0 Å². The molecule has 0 spiro atoms. The van der Waals surface area contributed by atoms with Crippen molar-refractivity contribution in [1.82, 2.24) is 10.3 Å². The van der Waals surface area contributed by atoms with Gasteiger partial charge in [-0.25, -0.2) is 4.98 Å². The summed E-state index contributed by atoms with van der Waals surface area (Å²) in [5.41, 5.74) is 4.31. The Morgan fingerprint density at radius 3 is 2.41 bits per heavy atom. The van der Waals surface area contributed by atoms with E-state index in [1.807, 2.05) is 49.4 Å². The van der Waals surface area contributed by atoms with Gasteiger partial charge in [0.2, 0.25) is 0 Å². The molecule has 3 nitrogen and oxygen atoms in total. The molecule has 1 aromatic heterocycles. The molecule has 0 saturated heterocycles. The van der Waals surface area contributed by atoms with E-state index in [0.717, 1.165) is 39.8 Å². The molecule has 0 aliphatic carbocycles. The predicted octanol–water partition coefficient (Wildman–Crippen LogP) is 5.80. The highest BCUT2D eigenvalue weighted by atomic mass is 35.5. The van der Waals surface area contributed by atoms with E-state index in [4.69, 9.17) is 28.2 Å². The first kappa shape index (κ1) is 20.1. The average Bonchev–Trinajstić information content (AvgIpc) is 2.64. The summed E-state index contributed by atoms with van der Waals surface area (Å²) in [6, 6.07) is 13.3. The Kier molecular flexibility index (Phi) is 6.38. The number of nitrogens with zero attached hydrogens (tertiary/aromatic N) is 1. The van der Waals surface area contributed by atoms with Gasteiger partial charge in [0.15, 0.2) is 0 Å². The Morgan fingerprint density at radius 1 is 1.04 bits per heavy atom. The zero-order valence-corrected chi connectivity index (χ0v) is 17.3. The summed E-state index contributed by atoms with van der Waals surface area (Å²) < 4.78 is 0. The van der Waals surface area contributed by atoms with Gasteiger partial charge < -0.3 is 10.4 Å². The minimum absolute atomic E-state index is 0.485. The van der Waals surface area contributed by atoms with Crippen molar-refractivity contribution in [3.63, 3.8) is 0 Å². The number of hydrogen-bond acceptors (Lipinski definition) is 3. The zero-order valence-electron chi connectivity index (χ0n) is 15.8. The van der Waals surface area contributed by atoms with Gasteiger partial charge in [0.05, 0.1) is 17.3 Å². The van der Waals surface area contributed by atoms with Crippen LogP contribution in [0.25, 0.3) is 22.2 Å². The number of aliphatic hydroxyl groups is 1. The van der Waals surface area contributed by atoms with Crippen LogP contribution in [0.5, 0.6) is 0 Å². The topological polar surface area (TPSA) is 45.1 Å². The molecule has 3 aromatic rings. The first-order chi connectivity index (χ1) is 12.9. The summed E-state index contributed by atoms with van der Waals surface area (Å²) in [6.45, 7) is 7.58. The smallest absolute Gasteiger partial charge is 0.0921 e. The van der Waals surface area contributed by atoms with Crippen molar-refractivity contribution in [3.05, 3.63) is 63.6 Å². The van der Waals surface area contributed by atoms with E-state index in [1.165, 1.54) is 0 Å². The van der Waals surface area contributed by atoms with Crippen LogP contribution in [0.2, 0.25) is 10.0 Å². The van der Waals surface area contributed by atoms with E-state index in [9.17, 15) is 5.11 Å². The van der Waals surface area contributed by atoms with Gasteiger partial charge in [-0.15, -0.1) is 0 Å². The fourth-order valence-electron chi connectivity index (χ4n) is 3.09. The van der Waals surface area contributed by atoms with Crippen LogP contribution in [0.4, 0.5) is 0 Å². The van der Waals surface area contributed by atoms with Crippen molar-refractivity contribution < 1.29 is 5.11 Å². The fraction of sp³-hybridized carbons (Fsp3) is 0.318. The number of hydrogen-bond donors (Lipinski definition) is 2. The van der Waals surface area contributed by atoms with Gasteiger partial charge in [-0.2, -0.15) is 0 Å². The first-order valence-corrected chi connectivity index (χ1v) is 9.87. The van der Waals surface area contributed by atoms with Gasteiger partial charge in [-0.05, 0) is 54.8 Å². The lowest BCUT2D eigenvalue weighted by Gasteiger charge is -2.18. The molecule has 0 aliphatic heterocycles. The van der Waals surface area contributed by atoms with Gasteiger partial charge in [0, 0.05) is 27.5 Å². The average molecular weight is 403 g/mol. The SMILES string of the molecule is Cc1c(Cl)ccc2c(C(O)CNCC(C)C)cc(-c3ccc(Cl)cc3)nc12. The maximum atomic E-state index is 10.9. The largest absolute Gasteiger partial charge is 0.387 e. The normalized spacial score (nSPS) is 12.7. The van der Waals surface area contributed by atoms with E-state index < -0.39 is 6.10 Å². The summed E-state index contributed by atoms with van der Waals surface area (Å²) >= 11 is 12.3. The van der Waals surface area contributed by atoms with Crippen LogP contribution in [0.15, 0.2) is 42.5 Å². The number of nitrogens with one attached hydrogen (secondary N) is 1. The molecule has 0 aliphatic rings. The first-order valence-electron chi connectivity index (χ1n) is 9.11. The number of aromatic nitrogens is 1. The Balaban J connectivity index is 2.09. The molecule has 3 rings (SSSR count). The van der Waals surface area contributed by atoms with E-state index in [0.29, 0.717) is 22.5 Å². The maximum absolute atomic E-state index is 10.9. The van der Waals surface area contributed by atoms with Gasteiger partial charge in [0.25, 0.3) is 0 Å². The molecule has 2 aromatic carbocycles. The number of rotatable bonds is 6. The van der Waals surface area contributed by atoms with Gasteiger partial charge in [-0.3, -0.25) is 0 Å². The zero-order chi connectivity index (χ0) is 19.6. The van der Waals surface area contributed by atoms with E-state index >= 15 is 0 Å². The van der Waals surface area contributed by atoms with Crippen molar-refractivity contribution in [2.75, 3.05) is 13.1 Å². The minimum Gasteiger partial charge on any atom is -0.387 e. The quantitative estimate of drug-likeness (QED) is 0.547. The summed E-state index contributed by atoms with van der Waals surface area (Å²) in [5.74, 6) is 0.525. The summed E-state index contributed by atoms with van der Waals surface area (Å²) in [4.78, 5) is 4.83. The van der Waals surface area contributed by atoms with Crippen LogP contribution in [0.1, 0.15) is 31.1 Å². The lowest BCUT2D eigenvalue weighted by Crippen LogP contribution is -2.25. The molecule has 0 radical (unpaired) electrons. The molecular formula is C22H24Cl2N2O. The summed E-state index contributed by atoms with van der Waals surface area (Å²) in [6.07, 6.45) is -0.638. The highest BCUT2D eigenvalue weighted by Gasteiger charge is 2.17. The highest BCUT2D eigenvalue weighted by Crippen LogP contribution is 2.33. The summed E-state index contributed by atoms with van der Waals surface area (Å²) in [5, 5.41) is 16.5. The van der Waals surface area contributed by atoms with Crippen molar-refractivity contribution in [3.8, 4) is 11.3 Å². The molecule has 27 heavy (non-hydrogen) atoms. The third kappa shape index (κ3) is 4.61. The molecule has 2 N–H and O–H groups in total. The van der Waals surface area contributed by atoms with Crippen LogP contribution in [0, 0.1) is 12.8 Å². The van der Waals surface area contributed by atoms with Gasteiger partial charge >= 0.3 is 0 Å². The summed E-state index contributed by atoms with van der Waals surface area (Å²) in [7, 11) is 0. The highest BCUT2D eigenvalue weighted by molar-refractivity contribution is 6.32. The molecule has 5 heteroatoms. The molecule has 0 fully saturated rings. The van der Waals surface area contributed by atoms with Crippen LogP contribution >= 0.6 is 23.2 Å². The molecular weight excluding hydrogens is 379 g/mol. The lowest BCUT2D eigenvalue weighted by molar-refractivity contribution is 0.175.